The fraction of sp³-hybridized carbons (Fsp3) is 0.571. The molecule has 0 spiro atoms. The second-order valence-corrected chi connectivity index (χ2v) is 6.33. The number of nitrogens with one attached hydrogen (secondary N) is 1. The zero-order valence-corrected chi connectivity index (χ0v) is 12.8. The minimum atomic E-state index is -3.34. The first-order valence-electron chi connectivity index (χ1n) is 6.81. The van der Waals surface area contributed by atoms with Crippen molar-refractivity contribution in [1.29, 1.82) is 0 Å². The molecule has 1 aromatic carbocycles. The molecule has 1 aromatic rings. The van der Waals surface area contributed by atoms with E-state index in [4.69, 9.17) is 0 Å². The molecule has 1 rings (SSSR count). The van der Waals surface area contributed by atoms with Crippen molar-refractivity contribution in [3.63, 3.8) is 0 Å². The van der Waals surface area contributed by atoms with Crippen LogP contribution in [0.25, 0.3) is 0 Å². The lowest BCUT2D eigenvalue weighted by Crippen LogP contribution is -2.44. The highest BCUT2D eigenvalue weighted by Crippen LogP contribution is 2.06. The molecule has 0 aliphatic rings. The Bertz CT molecular complexity index is 456. The predicted molar refractivity (Wildman–Crippen MR) is 79.2 cm³/mol. The smallest absolute Gasteiger partial charge is 0.199 e. The van der Waals surface area contributed by atoms with Gasteiger partial charge in [-0.2, -0.15) is 17.4 Å². The van der Waals surface area contributed by atoms with Gasteiger partial charge in [0.1, 0.15) is 0 Å². The van der Waals surface area contributed by atoms with E-state index in [0.29, 0.717) is 13.1 Å². The van der Waals surface area contributed by atoms with Crippen molar-refractivity contribution in [2.24, 2.45) is 0 Å². The fourth-order valence-electron chi connectivity index (χ4n) is 1.98. The van der Waals surface area contributed by atoms with Crippen LogP contribution in [0.5, 0.6) is 0 Å². The summed E-state index contributed by atoms with van der Waals surface area (Å²) in [5.41, 5.74) is 1.23. The zero-order chi connectivity index (χ0) is 14.3. The second-order valence-electron chi connectivity index (χ2n) is 4.63. The summed E-state index contributed by atoms with van der Waals surface area (Å²) in [7, 11) is -3.34. The highest BCUT2D eigenvalue weighted by Gasteiger charge is 2.20. The molecule has 1 atom stereocenters. The van der Waals surface area contributed by atoms with Crippen LogP contribution in [0.4, 0.5) is 0 Å². The summed E-state index contributed by atoms with van der Waals surface area (Å²) in [6, 6.07) is 10.0. The number of hydrogen-bond acceptors (Lipinski definition) is 2. The van der Waals surface area contributed by atoms with Crippen molar-refractivity contribution < 1.29 is 8.42 Å². The van der Waals surface area contributed by atoms with Gasteiger partial charge in [0.25, 0.3) is 10.2 Å². The van der Waals surface area contributed by atoms with Gasteiger partial charge in [-0.25, -0.2) is 0 Å². The Morgan fingerprint density at radius 2 is 1.74 bits per heavy atom. The molecule has 0 saturated heterocycles. The van der Waals surface area contributed by atoms with Gasteiger partial charge in [-0.3, -0.25) is 0 Å². The maximum Gasteiger partial charge on any atom is 0.279 e. The summed E-state index contributed by atoms with van der Waals surface area (Å²) < 4.78 is 28.2. The highest BCUT2D eigenvalue weighted by molar-refractivity contribution is 7.87. The topological polar surface area (TPSA) is 49.4 Å². The van der Waals surface area contributed by atoms with Gasteiger partial charge in [0.05, 0.1) is 0 Å². The largest absolute Gasteiger partial charge is 0.279 e. The normalized spacial score (nSPS) is 13.7. The van der Waals surface area contributed by atoms with E-state index in [9.17, 15) is 8.42 Å². The third-order valence-corrected chi connectivity index (χ3v) is 5.00. The lowest BCUT2D eigenvalue weighted by molar-refractivity contribution is 0.425. The Hall–Kier alpha value is -0.910. The van der Waals surface area contributed by atoms with Crippen molar-refractivity contribution in [3.8, 4) is 0 Å². The molecule has 0 saturated carbocycles. The quantitative estimate of drug-likeness (QED) is 0.795. The molecule has 0 amide bonds. The molecule has 1 unspecified atom stereocenters. The van der Waals surface area contributed by atoms with Gasteiger partial charge in [-0.1, -0.05) is 44.2 Å². The summed E-state index contributed by atoms with van der Waals surface area (Å²) in [6.07, 6.45) is 1.67. The number of nitrogens with zero attached hydrogens (tertiary/aromatic N) is 1. The monoisotopic (exact) mass is 284 g/mol. The molecule has 0 aliphatic heterocycles. The molecule has 0 bridgehead atoms. The van der Waals surface area contributed by atoms with Crippen LogP contribution < -0.4 is 4.72 Å². The molecule has 0 heterocycles. The van der Waals surface area contributed by atoms with Crippen molar-refractivity contribution in [1.82, 2.24) is 9.03 Å². The molecular weight excluding hydrogens is 260 g/mol. The van der Waals surface area contributed by atoms with Crippen molar-refractivity contribution in [2.45, 2.75) is 39.7 Å². The molecule has 0 aromatic heterocycles. The molecule has 0 fully saturated rings. The minimum Gasteiger partial charge on any atom is -0.199 e. The van der Waals surface area contributed by atoms with Gasteiger partial charge < -0.3 is 0 Å². The molecule has 1 N–H and O–H groups in total. The molecule has 0 radical (unpaired) electrons. The number of benzene rings is 1. The van der Waals surface area contributed by atoms with Gasteiger partial charge >= 0.3 is 0 Å². The van der Waals surface area contributed by atoms with Crippen molar-refractivity contribution in [3.05, 3.63) is 35.9 Å². The minimum absolute atomic E-state index is 0.0641. The van der Waals surface area contributed by atoms with Crippen LogP contribution in [-0.4, -0.2) is 31.9 Å². The standard InChI is InChI=1S/C14H24N2O2S/c1-4-16(5-2)19(17,18)15-13(3)11-12-14-9-7-6-8-10-14/h6-10,13,15H,4-5,11-12H2,1-3H3. The second kappa shape index (κ2) is 7.62. The van der Waals surface area contributed by atoms with Crippen LogP contribution in [0.15, 0.2) is 30.3 Å². The van der Waals surface area contributed by atoms with E-state index in [1.165, 1.54) is 9.87 Å². The van der Waals surface area contributed by atoms with Crippen molar-refractivity contribution in [2.75, 3.05) is 13.1 Å². The van der Waals surface area contributed by atoms with Crippen LogP contribution in [0.2, 0.25) is 0 Å². The van der Waals surface area contributed by atoms with Crippen LogP contribution >= 0.6 is 0 Å². The summed E-state index contributed by atoms with van der Waals surface area (Å²) in [4.78, 5) is 0. The zero-order valence-electron chi connectivity index (χ0n) is 12.0. The van der Waals surface area contributed by atoms with Gasteiger partial charge in [0, 0.05) is 19.1 Å². The predicted octanol–water partition coefficient (Wildman–Crippen LogP) is 2.18. The lowest BCUT2D eigenvalue weighted by Gasteiger charge is -2.22. The molecular formula is C14H24N2O2S. The van der Waals surface area contributed by atoms with E-state index in [1.807, 2.05) is 39.0 Å². The maximum absolute atomic E-state index is 12.0. The third-order valence-electron chi connectivity index (χ3n) is 3.10. The van der Waals surface area contributed by atoms with Gasteiger partial charge in [-0.15, -0.1) is 0 Å². The van der Waals surface area contributed by atoms with Gasteiger partial charge in [0.15, 0.2) is 0 Å². The maximum atomic E-state index is 12.0. The first-order chi connectivity index (χ1) is 8.99. The number of rotatable bonds is 8. The first-order valence-corrected chi connectivity index (χ1v) is 8.25. The van der Waals surface area contributed by atoms with Crippen molar-refractivity contribution >= 4 is 10.2 Å². The average Bonchev–Trinajstić information content (AvgIpc) is 2.38. The lowest BCUT2D eigenvalue weighted by atomic mass is 10.1. The Morgan fingerprint density at radius 1 is 1.16 bits per heavy atom. The van der Waals surface area contributed by atoms with Crippen LogP contribution in [0, 0.1) is 0 Å². The van der Waals surface area contributed by atoms with Crippen LogP contribution in [0.1, 0.15) is 32.8 Å². The third kappa shape index (κ3) is 5.30. The molecule has 108 valence electrons. The van der Waals surface area contributed by atoms with E-state index < -0.39 is 10.2 Å². The summed E-state index contributed by atoms with van der Waals surface area (Å²) in [6.45, 7) is 6.59. The Kier molecular flexibility index (Phi) is 6.48. The summed E-state index contributed by atoms with van der Waals surface area (Å²) in [5, 5.41) is 0. The molecule has 0 aliphatic carbocycles. The summed E-state index contributed by atoms with van der Waals surface area (Å²) >= 11 is 0. The number of aryl methyl sites for hydroxylation is 1. The van der Waals surface area contributed by atoms with E-state index >= 15 is 0 Å². The molecule has 5 heteroatoms. The van der Waals surface area contributed by atoms with Crippen LogP contribution in [0.3, 0.4) is 0 Å². The Balaban J connectivity index is 2.49. The summed E-state index contributed by atoms with van der Waals surface area (Å²) in [5.74, 6) is 0. The number of hydrogen-bond donors (Lipinski definition) is 1. The average molecular weight is 284 g/mol. The van der Waals surface area contributed by atoms with E-state index in [0.717, 1.165) is 12.8 Å². The van der Waals surface area contributed by atoms with Gasteiger partial charge in [0.2, 0.25) is 0 Å². The Morgan fingerprint density at radius 3 is 2.26 bits per heavy atom. The SMILES string of the molecule is CCN(CC)S(=O)(=O)NC(C)CCc1ccccc1. The van der Waals surface area contributed by atoms with E-state index in [1.54, 1.807) is 0 Å². The molecule has 19 heavy (non-hydrogen) atoms. The van der Waals surface area contributed by atoms with E-state index in [-0.39, 0.29) is 6.04 Å². The Labute approximate surface area is 117 Å². The fourth-order valence-corrected chi connectivity index (χ4v) is 3.43. The van der Waals surface area contributed by atoms with Crippen LogP contribution in [-0.2, 0) is 16.6 Å². The van der Waals surface area contributed by atoms with E-state index in [2.05, 4.69) is 16.9 Å². The molecule has 4 nitrogen and oxygen atoms in total. The first kappa shape index (κ1) is 16.1. The van der Waals surface area contributed by atoms with Gasteiger partial charge in [-0.05, 0) is 25.3 Å². The highest BCUT2D eigenvalue weighted by atomic mass is 32.2.